The highest BCUT2D eigenvalue weighted by atomic mass is 127. The number of halogens is 2. The van der Waals surface area contributed by atoms with Crippen LogP contribution >= 0.6 is 34.2 Å². The fourth-order valence-electron chi connectivity index (χ4n) is 3.70. The first kappa shape index (κ1) is 20.1. The third-order valence-electron chi connectivity index (χ3n) is 5.09. The van der Waals surface area contributed by atoms with E-state index in [1.807, 2.05) is 30.2 Å². The molecule has 0 N–H and O–H groups in total. The molecule has 150 valence electrons. The molecule has 2 heterocycles. The fourth-order valence-corrected chi connectivity index (χ4v) is 4.79. The molecule has 0 atom stereocenters. The number of nitrogens with zero attached hydrogens (tertiary/aromatic N) is 3. The molecule has 0 saturated carbocycles. The molecule has 0 aliphatic carbocycles. The van der Waals surface area contributed by atoms with E-state index >= 15 is 0 Å². The first-order valence-electron chi connectivity index (χ1n) is 9.20. The van der Waals surface area contributed by atoms with Crippen LogP contribution in [0.2, 0.25) is 5.02 Å². The molecule has 0 aliphatic rings. The highest BCUT2D eigenvalue weighted by Gasteiger charge is 2.19. The minimum atomic E-state index is 0.685. The fraction of sp³-hybridized carbons (Fsp3) is 0.227. The Morgan fingerprint density at radius 2 is 1.90 bits per heavy atom. The van der Waals surface area contributed by atoms with E-state index in [1.165, 1.54) is 0 Å². The van der Waals surface area contributed by atoms with Crippen molar-refractivity contribution < 1.29 is 9.47 Å². The molecule has 7 heteroatoms. The van der Waals surface area contributed by atoms with Gasteiger partial charge >= 0.3 is 0 Å². The largest absolute Gasteiger partial charge is 0.493 e. The van der Waals surface area contributed by atoms with Gasteiger partial charge in [-0.05, 0) is 53.8 Å². The number of hydrogen-bond acceptors (Lipinski definition) is 3. The van der Waals surface area contributed by atoms with E-state index in [0.29, 0.717) is 5.75 Å². The van der Waals surface area contributed by atoms with Crippen LogP contribution in [0.3, 0.4) is 0 Å². The maximum absolute atomic E-state index is 6.51. The van der Waals surface area contributed by atoms with Crippen LogP contribution < -0.4 is 9.47 Å². The van der Waals surface area contributed by atoms with Gasteiger partial charge in [-0.25, -0.2) is 4.98 Å². The summed E-state index contributed by atoms with van der Waals surface area (Å²) < 4.78 is 16.2. The van der Waals surface area contributed by atoms with E-state index in [4.69, 9.17) is 21.1 Å². The predicted molar refractivity (Wildman–Crippen MR) is 126 cm³/mol. The lowest BCUT2D eigenvalue weighted by Gasteiger charge is -2.13. The second kappa shape index (κ2) is 7.91. The lowest BCUT2D eigenvalue weighted by atomic mass is 10.0. The maximum Gasteiger partial charge on any atom is 0.174 e. The number of imidazole rings is 1. The number of aryl methyl sites for hydroxylation is 2. The molecule has 5 nitrogen and oxygen atoms in total. The summed E-state index contributed by atoms with van der Waals surface area (Å²) in [7, 11) is 5.29. The van der Waals surface area contributed by atoms with Crippen molar-refractivity contribution in [3.8, 4) is 34.0 Å². The summed E-state index contributed by atoms with van der Waals surface area (Å²) in [4.78, 5) is 4.68. The van der Waals surface area contributed by atoms with Crippen molar-refractivity contribution in [2.24, 2.45) is 7.05 Å². The summed E-state index contributed by atoms with van der Waals surface area (Å²) in [6.07, 6.45) is 3.81. The van der Waals surface area contributed by atoms with Crippen molar-refractivity contribution in [1.82, 2.24) is 14.1 Å². The first-order valence-corrected chi connectivity index (χ1v) is 10.7. The summed E-state index contributed by atoms with van der Waals surface area (Å²) in [6.45, 7) is 2.99. The molecular formula is C22H21ClIN3O2. The Hall–Kier alpha value is -2.19. The number of fused-ring (bicyclic) bond motifs is 1. The Kier molecular flexibility index (Phi) is 5.48. The molecule has 0 saturated heterocycles. The lowest BCUT2D eigenvalue weighted by Crippen LogP contribution is -1.96. The average molecular weight is 522 g/mol. The van der Waals surface area contributed by atoms with Gasteiger partial charge in [0.15, 0.2) is 11.5 Å². The second-order valence-corrected chi connectivity index (χ2v) is 8.31. The summed E-state index contributed by atoms with van der Waals surface area (Å²) in [5.74, 6) is 1.41. The van der Waals surface area contributed by atoms with Crippen LogP contribution in [0.4, 0.5) is 0 Å². The second-order valence-electron chi connectivity index (χ2n) is 6.74. The van der Waals surface area contributed by atoms with Gasteiger partial charge in [-0.3, -0.25) is 0 Å². The van der Waals surface area contributed by atoms with E-state index in [1.54, 1.807) is 14.2 Å². The van der Waals surface area contributed by atoms with Crippen molar-refractivity contribution in [2.75, 3.05) is 14.2 Å². The average Bonchev–Trinajstić information content (AvgIpc) is 3.26. The normalized spacial score (nSPS) is 11.2. The summed E-state index contributed by atoms with van der Waals surface area (Å²) >= 11 is 8.76. The van der Waals surface area contributed by atoms with Gasteiger partial charge in [-0.15, -0.1) is 0 Å². The molecule has 4 rings (SSSR count). The molecule has 2 aromatic heterocycles. The quantitative estimate of drug-likeness (QED) is 0.302. The molecule has 0 spiro atoms. The van der Waals surface area contributed by atoms with E-state index in [-0.39, 0.29) is 0 Å². The van der Waals surface area contributed by atoms with E-state index in [2.05, 4.69) is 63.3 Å². The summed E-state index contributed by atoms with van der Waals surface area (Å²) in [6, 6.07) is 10.4. The Morgan fingerprint density at radius 1 is 1.10 bits per heavy atom. The van der Waals surface area contributed by atoms with Crippen molar-refractivity contribution in [3.63, 3.8) is 0 Å². The zero-order valence-corrected chi connectivity index (χ0v) is 19.6. The zero-order valence-electron chi connectivity index (χ0n) is 16.7. The SMILES string of the molecule is CCn1cc(Cl)c2cc(-c3c(-c4cc(I)c(OC)c(OC)c4)ncn3C)ccc21. The highest BCUT2D eigenvalue weighted by Crippen LogP contribution is 2.40. The highest BCUT2D eigenvalue weighted by molar-refractivity contribution is 14.1. The lowest BCUT2D eigenvalue weighted by molar-refractivity contribution is 0.353. The van der Waals surface area contributed by atoms with E-state index < -0.39 is 0 Å². The minimum absolute atomic E-state index is 0.685. The molecular weight excluding hydrogens is 501 g/mol. The molecule has 0 amide bonds. The van der Waals surface area contributed by atoms with Gasteiger partial charge in [0.1, 0.15) is 0 Å². The minimum Gasteiger partial charge on any atom is -0.493 e. The molecule has 0 radical (unpaired) electrons. The van der Waals surface area contributed by atoms with Crippen molar-refractivity contribution in [3.05, 3.63) is 51.4 Å². The number of methoxy groups -OCH3 is 2. The molecule has 4 aromatic rings. The number of rotatable bonds is 5. The van der Waals surface area contributed by atoms with Gasteiger partial charge < -0.3 is 18.6 Å². The number of ether oxygens (including phenoxy) is 2. The first-order chi connectivity index (χ1) is 14.0. The van der Waals surface area contributed by atoms with Gasteiger partial charge in [0, 0.05) is 41.8 Å². The van der Waals surface area contributed by atoms with Gasteiger partial charge in [-0.2, -0.15) is 0 Å². The van der Waals surface area contributed by atoms with Crippen LogP contribution in [-0.4, -0.2) is 28.3 Å². The van der Waals surface area contributed by atoms with Crippen molar-refractivity contribution >= 4 is 45.1 Å². The zero-order chi connectivity index (χ0) is 20.7. The van der Waals surface area contributed by atoms with Gasteiger partial charge in [0.2, 0.25) is 0 Å². The smallest absolute Gasteiger partial charge is 0.174 e. The Balaban J connectivity index is 1.91. The van der Waals surface area contributed by atoms with Crippen LogP contribution in [0, 0.1) is 3.57 Å². The van der Waals surface area contributed by atoms with E-state index in [0.717, 1.165) is 54.3 Å². The van der Waals surface area contributed by atoms with Crippen LogP contribution in [0.1, 0.15) is 6.92 Å². The third kappa shape index (κ3) is 3.38. The molecule has 2 aromatic carbocycles. The molecule has 29 heavy (non-hydrogen) atoms. The van der Waals surface area contributed by atoms with Crippen LogP contribution in [0.25, 0.3) is 33.4 Å². The molecule has 0 fully saturated rings. The topological polar surface area (TPSA) is 41.2 Å². The third-order valence-corrected chi connectivity index (χ3v) is 6.19. The Bertz CT molecular complexity index is 1210. The predicted octanol–water partition coefficient (Wildman–Crippen LogP) is 6.00. The number of hydrogen-bond donors (Lipinski definition) is 0. The monoisotopic (exact) mass is 521 g/mol. The Labute approximate surface area is 188 Å². The number of aromatic nitrogens is 3. The van der Waals surface area contributed by atoms with Crippen molar-refractivity contribution in [2.45, 2.75) is 13.5 Å². The van der Waals surface area contributed by atoms with Gasteiger partial charge in [-0.1, -0.05) is 17.7 Å². The van der Waals surface area contributed by atoms with Gasteiger partial charge in [0.05, 0.1) is 40.5 Å². The summed E-state index contributed by atoms with van der Waals surface area (Å²) in [5.41, 5.74) is 5.07. The van der Waals surface area contributed by atoms with Crippen LogP contribution in [0.5, 0.6) is 11.5 Å². The molecule has 0 unspecified atom stereocenters. The van der Waals surface area contributed by atoms with E-state index in [9.17, 15) is 0 Å². The molecule has 0 aliphatic heterocycles. The van der Waals surface area contributed by atoms with Gasteiger partial charge in [0.25, 0.3) is 0 Å². The standard InChI is InChI=1S/C22H21ClIN3O2/c1-5-27-11-16(23)15-8-13(6-7-18(15)27)21-20(25-12-26(21)2)14-9-17(24)22(29-4)19(10-14)28-3/h6-12H,5H2,1-4H3. The van der Waals surface area contributed by atoms with Crippen LogP contribution in [0.15, 0.2) is 42.9 Å². The summed E-state index contributed by atoms with van der Waals surface area (Å²) in [5, 5.41) is 1.80. The molecule has 0 bridgehead atoms. The number of benzene rings is 2. The van der Waals surface area contributed by atoms with Crippen molar-refractivity contribution in [1.29, 1.82) is 0 Å². The maximum atomic E-state index is 6.51. The Morgan fingerprint density at radius 3 is 2.59 bits per heavy atom. The van der Waals surface area contributed by atoms with Crippen LogP contribution in [-0.2, 0) is 13.6 Å².